The van der Waals surface area contributed by atoms with Crippen molar-refractivity contribution in [2.75, 3.05) is 6.54 Å². The molecule has 2 nitrogen and oxygen atoms in total. The molecule has 0 amide bonds. The van der Waals surface area contributed by atoms with Crippen LogP contribution in [0.25, 0.3) is 0 Å². The molecular formula is C19H22N2. The Hall–Kier alpha value is -2.11. The number of nitrogens with zero attached hydrogens (tertiary/aromatic N) is 1. The standard InChI is InChI=1S/C19H22N2/c1-3-16-9-11-17(12-10-16)15(2)21-14-19(13-20)18-7-5-4-6-8-18/h4-12,15,19,21H,3,14H2,1-2H3. The highest BCUT2D eigenvalue weighted by molar-refractivity contribution is 5.27. The first-order valence-corrected chi connectivity index (χ1v) is 7.51. The van der Waals surface area contributed by atoms with Crippen molar-refractivity contribution in [2.24, 2.45) is 0 Å². The summed E-state index contributed by atoms with van der Waals surface area (Å²) in [4.78, 5) is 0. The van der Waals surface area contributed by atoms with Crippen molar-refractivity contribution >= 4 is 0 Å². The lowest BCUT2D eigenvalue weighted by atomic mass is 9.99. The number of hydrogen-bond donors (Lipinski definition) is 1. The molecule has 0 aliphatic rings. The third-order valence-corrected chi connectivity index (χ3v) is 3.87. The van der Waals surface area contributed by atoms with E-state index in [1.54, 1.807) is 0 Å². The molecule has 2 unspecified atom stereocenters. The summed E-state index contributed by atoms with van der Waals surface area (Å²) in [6, 6.07) is 21.3. The quantitative estimate of drug-likeness (QED) is 0.859. The molecule has 0 fully saturated rings. The van der Waals surface area contributed by atoms with E-state index in [1.165, 1.54) is 11.1 Å². The Kier molecular flexibility index (Phi) is 5.54. The first-order chi connectivity index (χ1) is 10.2. The van der Waals surface area contributed by atoms with E-state index in [1.807, 2.05) is 30.3 Å². The lowest BCUT2D eigenvalue weighted by molar-refractivity contribution is 0.558. The molecule has 0 saturated heterocycles. The fourth-order valence-electron chi connectivity index (χ4n) is 2.38. The first-order valence-electron chi connectivity index (χ1n) is 7.51. The van der Waals surface area contributed by atoms with E-state index in [-0.39, 0.29) is 12.0 Å². The SMILES string of the molecule is CCc1ccc(C(C)NCC(C#N)c2ccccc2)cc1. The minimum Gasteiger partial charge on any atom is -0.309 e. The van der Waals surface area contributed by atoms with Gasteiger partial charge in [-0.2, -0.15) is 5.26 Å². The van der Waals surface area contributed by atoms with Crippen LogP contribution in [-0.2, 0) is 6.42 Å². The fraction of sp³-hybridized carbons (Fsp3) is 0.316. The van der Waals surface area contributed by atoms with E-state index in [0.717, 1.165) is 12.0 Å². The molecule has 2 aromatic rings. The molecule has 0 spiro atoms. The Morgan fingerprint density at radius 2 is 1.67 bits per heavy atom. The van der Waals surface area contributed by atoms with E-state index in [2.05, 4.69) is 49.5 Å². The zero-order valence-electron chi connectivity index (χ0n) is 12.7. The van der Waals surface area contributed by atoms with Crippen molar-refractivity contribution in [3.8, 4) is 6.07 Å². The van der Waals surface area contributed by atoms with Crippen molar-refractivity contribution in [3.05, 3.63) is 71.3 Å². The van der Waals surface area contributed by atoms with Crippen molar-refractivity contribution in [1.29, 1.82) is 5.26 Å². The highest BCUT2D eigenvalue weighted by Crippen LogP contribution is 2.17. The molecule has 108 valence electrons. The van der Waals surface area contributed by atoms with E-state index in [9.17, 15) is 5.26 Å². The Labute approximate surface area is 127 Å². The third-order valence-electron chi connectivity index (χ3n) is 3.87. The Balaban J connectivity index is 1.96. The minimum atomic E-state index is -0.108. The molecule has 0 aliphatic carbocycles. The summed E-state index contributed by atoms with van der Waals surface area (Å²) in [6.45, 7) is 4.96. The summed E-state index contributed by atoms with van der Waals surface area (Å²) >= 11 is 0. The Bertz CT molecular complexity index is 581. The predicted molar refractivity (Wildman–Crippen MR) is 87.0 cm³/mol. The van der Waals surface area contributed by atoms with Gasteiger partial charge in [-0.1, -0.05) is 61.5 Å². The van der Waals surface area contributed by atoms with E-state index < -0.39 is 0 Å². The zero-order chi connectivity index (χ0) is 15.1. The lowest BCUT2D eigenvalue weighted by Crippen LogP contribution is -2.24. The van der Waals surface area contributed by atoms with Crippen LogP contribution in [0.1, 0.15) is 42.5 Å². The van der Waals surface area contributed by atoms with Crippen LogP contribution in [-0.4, -0.2) is 6.54 Å². The second-order valence-electron chi connectivity index (χ2n) is 5.32. The van der Waals surface area contributed by atoms with Gasteiger partial charge in [0.05, 0.1) is 12.0 Å². The van der Waals surface area contributed by atoms with Gasteiger partial charge in [0.2, 0.25) is 0 Å². The number of aryl methyl sites for hydroxylation is 1. The summed E-state index contributed by atoms with van der Waals surface area (Å²) in [5.41, 5.74) is 3.68. The van der Waals surface area contributed by atoms with Crippen molar-refractivity contribution < 1.29 is 0 Å². The van der Waals surface area contributed by atoms with Crippen molar-refractivity contribution in [2.45, 2.75) is 32.2 Å². The Morgan fingerprint density at radius 1 is 1.00 bits per heavy atom. The monoisotopic (exact) mass is 278 g/mol. The third kappa shape index (κ3) is 4.18. The fourth-order valence-corrected chi connectivity index (χ4v) is 2.38. The van der Waals surface area contributed by atoms with Crippen LogP contribution in [0.5, 0.6) is 0 Å². The molecule has 0 heterocycles. The summed E-state index contributed by atoms with van der Waals surface area (Å²) in [5, 5.41) is 12.8. The van der Waals surface area contributed by atoms with E-state index >= 15 is 0 Å². The maximum absolute atomic E-state index is 9.34. The van der Waals surface area contributed by atoms with Crippen LogP contribution < -0.4 is 5.32 Å². The smallest absolute Gasteiger partial charge is 0.0837 e. The first kappa shape index (κ1) is 15.3. The van der Waals surface area contributed by atoms with Crippen LogP contribution in [0.4, 0.5) is 0 Å². The van der Waals surface area contributed by atoms with E-state index in [0.29, 0.717) is 6.54 Å². The second-order valence-corrected chi connectivity index (χ2v) is 5.32. The molecule has 0 bridgehead atoms. The lowest BCUT2D eigenvalue weighted by Gasteiger charge is -2.17. The maximum atomic E-state index is 9.34. The summed E-state index contributed by atoms with van der Waals surface area (Å²) in [6.07, 6.45) is 1.06. The molecule has 0 saturated carbocycles. The molecule has 2 heteroatoms. The van der Waals surface area contributed by atoms with Gasteiger partial charge in [0.1, 0.15) is 0 Å². The summed E-state index contributed by atoms with van der Waals surface area (Å²) in [7, 11) is 0. The Morgan fingerprint density at radius 3 is 2.24 bits per heavy atom. The summed E-state index contributed by atoms with van der Waals surface area (Å²) in [5.74, 6) is -0.108. The molecule has 2 atom stereocenters. The second kappa shape index (κ2) is 7.61. The molecule has 0 aliphatic heterocycles. The van der Waals surface area contributed by atoms with Crippen molar-refractivity contribution in [1.82, 2.24) is 5.32 Å². The minimum absolute atomic E-state index is 0.108. The van der Waals surface area contributed by atoms with Gasteiger partial charge in [0.25, 0.3) is 0 Å². The average molecular weight is 278 g/mol. The highest BCUT2D eigenvalue weighted by Gasteiger charge is 2.12. The van der Waals surface area contributed by atoms with Crippen LogP contribution in [0, 0.1) is 11.3 Å². The predicted octanol–water partition coefficient (Wildman–Crippen LogP) is 4.21. The van der Waals surface area contributed by atoms with Gasteiger partial charge < -0.3 is 5.32 Å². The van der Waals surface area contributed by atoms with Crippen LogP contribution in [0.2, 0.25) is 0 Å². The summed E-state index contributed by atoms with van der Waals surface area (Å²) < 4.78 is 0. The maximum Gasteiger partial charge on any atom is 0.0837 e. The highest BCUT2D eigenvalue weighted by atomic mass is 14.9. The molecular weight excluding hydrogens is 256 g/mol. The van der Waals surface area contributed by atoms with Gasteiger partial charge in [-0.05, 0) is 30.0 Å². The molecule has 2 aromatic carbocycles. The normalized spacial score (nSPS) is 13.4. The van der Waals surface area contributed by atoms with Gasteiger partial charge in [-0.15, -0.1) is 0 Å². The largest absolute Gasteiger partial charge is 0.309 e. The number of benzene rings is 2. The molecule has 1 N–H and O–H groups in total. The average Bonchev–Trinajstić information content (AvgIpc) is 2.56. The van der Waals surface area contributed by atoms with Gasteiger partial charge in [-0.25, -0.2) is 0 Å². The van der Waals surface area contributed by atoms with Gasteiger partial charge >= 0.3 is 0 Å². The zero-order valence-corrected chi connectivity index (χ0v) is 12.7. The molecule has 0 aromatic heterocycles. The number of nitriles is 1. The van der Waals surface area contributed by atoms with Gasteiger partial charge in [-0.3, -0.25) is 0 Å². The molecule has 2 rings (SSSR count). The van der Waals surface area contributed by atoms with Crippen LogP contribution in [0.3, 0.4) is 0 Å². The number of hydrogen-bond acceptors (Lipinski definition) is 2. The topological polar surface area (TPSA) is 35.8 Å². The van der Waals surface area contributed by atoms with E-state index in [4.69, 9.17) is 0 Å². The van der Waals surface area contributed by atoms with Gasteiger partial charge in [0, 0.05) is 12.6 Å². The molecule has 0 radical (unpaired) electrons. The van der Waals surface area contributed by atoms with Crippen LogP contribution in [0.15, 0.2) is 54.6 Å². The molecule has 21 heavy (non-hydrogen) atoms. The van der Waals surface area contributed by atoms with Crippen LogP contribution >= 0.6 is 0 Å². The van der Waals surface area contributed by atoms with Crippen molar-refractivity contribution in [3.63, 3.8) is 0 Å². The van der Waals surface area contributed by atoms with Gasteiger partial charge in [0.15, 0.2) is 0 Å². The number of rotatable bonds is 6. The number of nitrogens with one attached hydrogen (secondary N) is 1.